The second-order valence-electron chi connectivity index (χ2n) is 7.54. The van der Waals surface area contributed by atoms with Crippen molar-refractivity contribution in [2.75, 3.05) is 29.7 Å². The van der Waals surface area contributed by atoms with Crippen molar-refractivity contribution in [3.05, 3.63) is 83.4 Å². The first kappa shape index (κ1) is 17.0. The van der Waals surface area contributed by atoms with E-state index in [1.165, 1.54) is 28.1 Å². The predicted octanol–water partition coefficient (Wildman–Crippen LogP) is 5.06. The Labute approximate surface area is 165 Å². The van der Waals surface area contributed by atoms with E-state index in [1.54, 1.807) is 0 Å². The number of nitrogens with zero attached hydrogens (tertiary/aromatic N) is 2. The molecule has 0 bridgehead atoms. The third-order valence-electron chi connectivity index (χ3n) is 5.60. The van der Waals surface area contributed by atoms with Crippen molar-refractivity contribution in [3.63, 3.8) is 0 Å². The SMILES string of the molecule is Cc1ccc(N2CCN(c3ccc(C)cc3)C2c2ccc3c(c2)OCO3)cc1. The lowest BCUT2D eigenvalue weighted by molar-refractivity contribution is 0.174. The number of ether oxygens (including phenoxy) is 2. The average molecular weight is 372 g/mol. The van der Waals surface area contributed by atoms with Crippen LogP contribution in [0.5, 0.6) is 11.5 Å². The van der Waals surface area contributed by atoms with Gasteiger partial charge in [-0.3, -0.25) is 0 Å². The highest BCUT2D eigenvalue weighted by atomic mass is 16.7. The molecule has 2 aliphatic rings. The summed E-state index contributed by atoms with van der Waals surface area (Å²) in [5, 5.41) is 0. The number of hydrogen-bond donors (Lipinski definition) is 0. The molecule has 0 unspecified atom stereocenters. The molecule has 2 aliphatic heterocycles. The van der Waals surface area contributed by atoms with E-state index in [2.05, 4.69) is 84.3 Å². The second-order valence-corrected chi connectivity index (χ2v) is 7.54. The van der Waals surface area contributed by atoms with Gasteiger partial charge in [-0.05, 0) is 55.8 Å². The molecule has 2 heterocycles. The van der Waals surface area contributed by atoms with Gasteiger partial charge in [0.2, 0.25) is 6.79 Å². The lowest BCUT2D eigenvalue weighted by Crippen LogP contribution is -2.30. The molecular weight excluding hydrogens is 348 g/mol. The minimum Gasteiger partial charge on any atom is -0.454 e. The van der Waals surface area contributed by atoms with Gasteiger partial charge < -0.3 is 19.3 Å². The van der Waals surface area contributed by atoms with Crippen molar-refractivity contribution in [2.24, 2.45) is 0 Å². The Bertz CT molecular complexity index is 929. The summed E-state index contributed by atoms with van der Waals surface area (Å²) in [6.07, 6.45) is 0.111. The van der Waals surface area contributed by atoms with E-state index in [-0.39, 0.29) is 6.17 Å². The average Bonchev–Trinajstić information content (AvgIpc) is 3.35. The molecule has 0 N–H and O–H groups in total. The minimum absolute atomic E-state index is 0.111. The molecule has 28 heavy (non-hydrogen) atoms. The summed E-state index contributed by atoms with van der Waals surface area (Å²) in [5.74, 6) is 1.66. The van der Waals surface area contributed by atoms with E-state index < -0.39 is 0 Å². The Kier molecular flexibility index (Phi) is 4.12. The highest BCUT2D eigenvalue weighted by molar-refractivity contribution is 5.60. The summed E-state index contributed by atoms with van der Waals surface area (Å²) < 4.78 is 11.2. The fourth-order valence-corrected chi connectivity index (χ4v) is 4.07. The van der Waals surface area contributed by atoms with Gasteiger partial charge in [0.1, 0.15) is 6.17 Å². The molecule has 0 aliphatic carbocycles. The van der Waals surface area contributed by atoms with E-state index >= 15 is 0 Å². The predicted molar refractivity (Wildman–Crippen MR) is 112 cm³/mol. The van der Waals surface area contributed by atoms with E-state index in [1.807, 2.05) is 6.07 Å². The van der Waals surface area contributed by atoms with Crippen LogP contribution in [0.15, 0.2) is 66.7 Å². The van der Waals surface area contributed by atoms with Crippen molar-refractivity contribution >= 4 is 11.4 Å². The monoisotopic (exact) mass is 372 g/mol. The summed E-state index contributed by atoms with van der Waals surface area (Å²) in [4.78, 5) is 4.94. The van der Waals surface area contributed by atoms with Crippen LogP contribution in [-0.2, 0) is 0 Å². The minimum atomic E-state index is 0.111. The van der Waals surface area contributed by atoms with Gasteiger partial charge in [0.15, 0.2) is 11.5 Å². The number of hydrogen-bond acceptors (Lipinski definition) is 4. The highest BCUT2D eigenvalue weighted by Gasteiger charge is 2.34. The summed E-state index contributed by atoms with van der Waals surface area (Å²) in [7, 11) is 0. The third-order valence-corrected chi connectivity index (χ3v) is 5.60. The van der Waals surface area contributed by atoms with E-state index in [0.29, 0.717) is 6.79 Å². The van der Waals surface area contributed by atoms with Crippen molar-refractivity contribution in [2.45, 2.75) is 20.0 Å². The molecule has 4 heteroatoms. The molecule has 0 aromatic heterocycles. The lowest BCUT2D eigenvalue weighted by atomic mass is 10.1. The van der Waals surface area contributed by atoms with Crippen molar-refractivity contribution in [1.29, 1.82) is 0 Å². The molecule has 1 fully saturated rings. The summed E-state index contributed by atoms with van der Waals surface area (Å²) in [6, 6.07) is 23.9. The van der Waals surface area contributed by atoms with Crippen LogP contribution in [0.2, 0.25) is 0 Å². The molecular formula is C24H24N2O2. The topological polar surface area (TPSA) is 24.9 Å². The summed E-state index contributed by atoms with van der Waals surface area (Å²) in [5.41, 5.74) is 6.24. The first-order chi connectivity index (χ1) is 13.7. The molecule has 0 radical (unpaired) electrons. The molecule has 3 aromatic carbocycles. The number of rotatable bonds is 3. The van der Waals surface area contributed by atoms with Crippen molar-refractivity contribution < 1.29 is 9.47 Å². The first-order valence-electron chi connectivity index (χ1n) is 9.75. The Morgan fingerprint density at radius 2 is 1.21 bits per heavy atom. The molecule has 142 valence electrons. The van der Waals surface area contributed by atoms with Crippen LogP contribution in [0.3, 0.4) is 0 Å². The van der Waals surface area contributed by atoms with Crippen molar-refractivity contribution in [1.82, 2.24) is 0 Å². The summed E-state index contributed by atoms with van der Waals surface area (Å²) in [6.45, 7) is 6.49. The van der Waals surface area contributed by atoms with Crippen molar-refractivity contribution in [3.8, 4) is 11.5 Å². The number of fused-ring (bicyclic) bond motifs is 1. The van der Waals surface area contributed by atoms with Crippen LogP contribution < -0.4 is 19.3 Å². The molecule has 0 spiro atoms. The van der Waals surface area contributed by atoms with Gasteiger partial charge in [0.05, 0.1) is 0 Å². The molecule has 0 atom stereocenters. The van der Waals surface area contributed by atoms with Crippen LogP contribution >= 0.6 is 0 Å². The normalized spacial score (nSPS) is 16.1. The molecule has 0 amide bonds. The van der Waals surface area contributed by atoms with Crippen LogP contribution in [0.25, 0.3) is 0 Å². The molecule has 0 saturated carbocycles. The zero-order valence-electron chi connectivity index (χ0n) is 16.3. The largest absolute Gasteiger partial charge is 0.454 e. The fourth-order valence-electron chi connectivity index (χ4n) is 4.07. The van der Waals surface area contributed by atoms with Gasteiger partial charge in [0, 0.05) is 24.5 Å². The zero-order valence-corrected chi connectivity index (χ0v) is 16.3. The Morgan fingerprint density at radius 1 is 0.679 bits per heavy atom. The Hall–Kier alpha value is -3.14. The van der Waals surface area contributed by atoms with Gasteiger partial charge >= 0.3 is 0 Å². The standard InChI is InChI=1S/C24H24N2O2/c1-17-3-8-20(9-4-17)25-13-14-26(21-10-5-18(2)6-11-21)24(25)19-7-12-22-23(15-19)28-16-27-22/h3-12,15,24H,13-14,16H2,1-2H3. The van der Waals surface area contributed by atoms with Gasteiger partial charge in [-0.25, -0.2) is 0 Å². The maximum Gasteiger partial charge on any atom is 0.231 e. The smallest absolute Gasteiger partial charge is 0.231 e. The second kappa shape index (κ2) is 6.79. The Morgan fingerprint density at radius 3 is 1.79 bits per heavy atom. The van der Waals surface area contributed by atoms with E-state index in [9.17, 15) is 0 Å². The van der Waals surface area contributed by atoms with Gasteiger partial charge in [-0.15, -0.1) is 0 Å². The number of anilines is 2. The van der Waals surface area contributed by atoms with E-state index in [4.69, 9.17) is 9.47 Å². The van der Waals surface area contributed by atoms with Gasteiger partial charge in [-0.2, -0.15) is 0 Å². The fraction of sp³-hybridized carbons (Fsp3) is 0.250. The van der Waals surface area contributed by atoms with Gasteiger partial charge in [-0.1, -0.05) is 41.5 Å². The number of aryl methyl sites for hydroxylation is 2. The number of benzene rings is 3. The molecule has 3 aromatic rings. The van der Waals surface area contributed by atoms with Crippen LogP contribution in [0.4, 0.5) is 11.4 Å². The maximum atomic E-state index is 5.65. The van der Waals surface area contributed by atoms with Gasteiger partial charge in [0.25, 0.3) is 0 Å². The molecule has 1 saturated heterocycles. The molecule has 5 rings (SSSR count). The third kappa shape index (κ3) is 2.95. The maximum absolute atomic E-state index is 5.65. The zero-order chi connectivity index (χ0) is 19.1. The highest BCUT2D eigenvalue weighted by Crippen LogP contribution is 2.41. The first-order valence-corrected chi connectivity index (χ1v) is 9.75. The summed E-state index contributed by atoms with van der Waals surface area (Å²) >= 11 is 0. The quantitative estimate of drug-likeness (QED) is 0.642. The van der Waals surface area contributed by atoms with Crippen LogP contribution in [0, 0.1) is 13.8 Å². The lowest BCUT2D eigenvalue weighted by Gasteiger charge is -2.33. The molecule has 4 nitrogen and oxygen atoms in total. The van der Waals surface area contributed by atoms with E-state index in [0.717, 1.165) is 24.6 Å². The van der Waals surface area contributed by atoms with Crippen LogP contribution in [0.1, 0.15) is 22.9 Å². The Balaban J connectivity index is 1.57. The van der Waals surface area contributed by atoms with Crippen LogP contribution in [-0.4, -0.2) is 19.9 Å².